The van der Waals surface area contributed by atoms with Gasteiger partial charge in [0.15, 0.2) is 6.10 Å². The third-order valence-electron chi connectivity index (χ3n) is 3.98. The highest BCUT2D eigenvalue weighted by Crippen LogP contribution is 2.33. The maximum absolute atomic E-state index is 12.0. The number of fused-ring (bicyclic) bond motifs is 1. The summed E-state index contributed by atoms with van der Waals surface area (Å²) in [6, 6.07) is 15.3. The van der Waals surface area contributed by atoms with Crippen molar-refractivity contribution >= 4 is 28.4 Å². The van der Waals surface area contributed by atoms with Crippen molar-refractivity contribution in [1.82, 2.24) is 9.88 Å². The molecule has 0 aliphatic rings. The van der Waals surface area contributed by atoms with Crippen molar-refractivity contribution in [2.45, 2.75) is 13.0 Å². The molecule has 3 aromatic rings. The number of carbonyl (C=O) groups is 1. The van der Waals surface area contributed by atoms with Gasteiger partial charge in [-0.25, -0.2) is 0 Å². The van der Waals surface area contributed by atoms with E-state index in [1.165, 1.54) is 4.90 Å². The molecule has 0 bridgehead atoms. The van der Waals surface area contributed by atoms with E-state index in [4.69, 9.17) is 16.3 Å². The van der Waals surface area contributed by atoms with Gasteiger partial charge in [0, 0.05) is 42.3 Å². The predicted octanol–water partition coefficient (Wildman–Crippen LogP) is 4.41. The average molecular weight is 355 g/mol. The molecule has 128 valence electrons. The standard InChI is InChI=1S/C20H19ClN2O2/c1-13(20(24)23(2)3)25-14-8-9-17-15(10-11-22-19(17)12-14)16-6-4-5-7-18(16)21/h4-13H,1-3H3. The molecule has 4 nitrogen and oxygen atoms in total. The van der Waals surface area contributed by atoms with E-state index in [0.29, 0.717) is 10.8 Å². The Morgan fingerprint density at radius 3 is 2.60 bits per heavy atom. The minimum Gasteiger partial charge on any atom is -0.481 e. The van der Waals surface area contributed by atoms with Crippen molar-refractivity contribution in [3.05, 3.63) is 59.8 Å². The van der Waals surface area contributed by atoms with Crippen LogP contribution in [-0.4, -0.2) is 36.0 Å². The number of hydrogen-bond donors (Lipinski definition) is 0. The Hall–Kier alpha value is -2.59. The minimum atomic E-state index is -0.556. The number of hydrogen-bond acceptors (Lipinski definition) is 3. The van der Waals surface area contributed by atoms with Gasteiger partial charge >= 0.3 is 0 Å². The molecule has 0 radical (unpaired) electrons. The van der Waals surface area contributed by atoms with Crippen LogP contribution in [0.2, 0.25) is 5.02 Å². The fourth-order valence-corrected chi connectivity index (χ4v) is 2.97. The maximum atomic E-state index is 12.0. The third kappa shape index (κ3) is 3.59. The number of aromatic nitrogens is 1. The van der Waals surface area contributed by atoms with E-state index < -0.39 is 6.10 Å². The summed E-state index contributed by atoms with van der Waals surface area (Å²) in [4.78, 5) is 17.9. The van der Waals surface area contributed by atoms with Gasteiger partial charge in [0.2, 0.25) is 0 Å². The highest BCUT2D eigenvalue weighted by atomic mass is 35.5. The predicted molar refractivity (Wildman–Crippen MR) is 101 cm³/mol. The summed E-state index contributed by atoms with van der Waals surface area (Å²) in [6.45, 7) is 1.74. The first-order chi connectivity index (χ1) is 12.0. The highest BCUT2D eigenvalue weighted by Gasteiger charge is 2.17. The van der Waals surface area contributed by atoms with E-state index in [0.717, 1.165) is 22.0 Å². The van der Waals surface area contributed by atoms with Crippen molar-refractivity contribution in [3.8, 4) is 16.9 Å². The lowest BCUT2D eigenvalue weighted by atomic mass is 10.0. The van der Waals surface area contributed by atoms with Crippen molar-refractivity contribution in [2.75, 3.05) is 14.1 Å². The first-order valence-corrected chi connectivity index (χ1v) is 8.36. The number of amides is 1. The summed E-state index contributed by atoms with van der Waals surface area (Å²) in [6.07, 6.45) is 1.19. The average Bonchev–Trinajstić information content (AvgIpc) is 2.60. The van der Waals surface area contributed by atoms with Crippen LogP contribution in [0.1, 0.15) is 6.92 Å². The molecule has 5 heteroatoms. The Labute approximate surface area is 152 Å². The largest absolute Gasteiger partial charge is 0.481 e. The molecular formula is C20H19ClN2O2. The number of likely N-dealkylation sites (N-methyl/N-ethyl adjacent to an activating group) is 1. The molecule has 1 atom stereocenters. The van der Waals surface area contributed by atoms with Crippen LogP contribution in [0.3, 0.4) is 0 Å². The van der Waals surface area contributed by atoms with Gasteiger partial charge in [0.05, 0.1) is 5.52 Å². The van der Waals surface area contributed by atoms with Gasteiger partial charge in [-0.2, -0.15) is 0 Å². The fraction of sp³-hybridized carbons (Fsp3) is 0.200. The van der Waals surface area contributed by atoms with Crippen molar-refractivity contribution in [3.63, 3.8) is 0 Å². The zero-order valence-electron chi connectivity index (χ0n) is 14.4. The van der Waals surface area contributed by atoms with Crippen LogP contribution in [0.15, 0.2) is 54.7 Å². The van der Waals surface area contributed by atoms with E-state index in [2.05, 4.69) is 4.98 Å². The topological polar surface area (TPSA) is 42.4 Å². The Morgan fingerprint density at radius 1 is 1.12 bits per heavy atom. The van der Waals surface area contributed by atoms with Crippen LogP contribution in [0.5, 0.6) is 5.75 Å². The molecule has 0 aliphatic heterocycles. The van der Waals surface area contributed by atoms with Gasteiger partial charge < -0.3 is 9.64 Å². The number of rotatable bonds is 4. The molecule has 1 aromatic heterocycles. The molecule has 0 N–H and O–H groups in total. The number of halogens is 1. The van der Waals surface area contributed by atoms with E-state index in [1.54, 1.807) is 27.2 Å². The molecule has 25 heavy (non-hydrogen) atoms. The van der Waals surface area contributed by atoms with Crippen molar-refractivity contribution in [2.24, 2.45) is 0 Å². The lowest BCUT2D eigenvalue weighted by Crippen LogP contribution is -2.35. The minimum absolute atomic E-state index is 0.0853. The number of carbonyl (C=O) groups excluding carboxylic acids is 1. The van der Waals surface area contributed by atoms with E-state index in [-0.39, 0.29) is 5.91 Å². The summed E-state index contributed by atoms with van der Waals surface area (Å²) in [5, 5.41) is 1.68. The molecule has 0 saturated heterocycles. The normalized spacial score (nSPS) is 12.0. The second-order valence-electron chi connectivity index (χ2n) is 6.01. The van der Waals surface area contributed by atoms with Gasteiger partial charge in [-0.15, -0.1) is 0 Å². The Kier molecular flexibility index (Phi) is 4.91. The molecule has 0 saturated carbocycles. The second kappa shape index (κ2) is 7.11. The van der Waals surface area contributed by atoms with Gasteiger partial charge in [-0.1, -0.05) is 29.8 Å². The summed E-state index contributed by atoms with van der Waals surface area (Å²) in [7, 11) is 3.42. The number of pyridine rings is 1. The van der Waals surface area contributed by atoms with E-state index in [9.17, 15) is 4.79 Å². The van der Waals surface area contributed by atoms with Crippen molar-refractivity contribution in [1.29, 1.82) is 0 Å². The van der Waals surface area contributed by atoms with Gasteiger partial charge in [0.1, 0.15) is 5.75 Å². The van der Waals surface area contributed by atoms with Crippen LogP contribution in [0.25, 0.3) is 22.0 Å². The number of nitrogens with zero attached hydrogens (tertiary/aromatic N) is 2. The lowest BCUT2D eigenvalue weighted by molar-refractivity contribution is -0.135. The van der Waals surface area contributed by atoms with E-state index in [1.807, 2.05) is 48.5 Å². The van der Waals surface area contributed by atoms with Crippen LogP contribution in [0.4, 0.5) is 0 Å². The van der Waals surface area contributed by atoms with Crippen LogP contribution in [-0.2, 0) is 4.79 Å². The monoisotopic (exact) mass is 354 g/mol. The molecule has 1 unspecified atom stereocenters. The lowest BCUT2D eigenvalue weighted by Gasteiger charge is -2.18. The zero-order chi connectivity index (χ0) is 18.0. The van der Waals surface area contributed by atoms with E-state index >= 15 is 0 Å². The van der Waals surface area contributed by atoms with Crippen LogP contribution >= 0.6 is 11.6 Å². The Morgan fingerprint density at radius 2 is 1.88 bits per heavy atom. The molecular weight excluding hydrogens is 336 g/mol. The molecule has 2 aromatic carbocycles. The second-order valence-corrected chi connectivity index (χ2v) is 6.42. The molecule has 0 fully saturated rings. The molecule has 0 aliphatic carbocycles. The highest BCUT2D eigenvalue weighted by molar-refractivity contribution is 6.33. The molecule has 0 spiro atoms. The first-order valence-electron chi connectivity index (χ1n) is 7.99. The van der Waals surface area contributed by atoms with Crippen LogP contribution < -0.4 is 4.74 Å². The first kappa shape index (κ1) is 17.2. The summed E-state index contributed by atoms with van der Waals surface area (Å²) in [5.41, 5.74) is 2.76. The molecule has 1 amide bonds. The van der Waals surface area contributed by atoms with Crippen LogP contribution in [0, 0.1) is 0 Å². The smallest absolute Gasteiger partial charge is 0.262 e. The third-order valence-corrected chi connectivity index (χ3v) is 4.31. The van der Waals surface area contributed by atoms with Gasteiger partial charge in [-0.05, 0) is 36.8 Å². The molecule has 3 rings (SSSR count). The van der Waals surface area contributed by atoms with Gasteiger partial charge in [-0.3, -0.25) is 9.78 Å². The summed E-state index contributed by atoms with van der Waals surface area (Å²) >= 11 is 6.34. The quantitative estimate of drug-likeness (QED) is 0.697. The fourth-order valence-electron chi connectivity index (χ4n) is 2.73. The Bertz CT molecular complexity index is 924. The summed E-state index contributed by atoms with van der Waals surface area (Å²) in [5.74, 6) is 0.525. The zero-order valence-corrected chi connectivity index (χ0v) is 15.1. The number of benzene rings is 2. The maximum Gasteiger partial charge on any atom is 0.262 e. The summed E-state index contributed by atoms with van der Waals surface area (Å²) < 4.78 is 5.76. The SMILES string of the molecule is CC(Oc1ccc2c(-c3ccccc3Cl)ccnc2c1)C(=O)N(C)C. The van der Waals surface area contributed by atoms with Gasteiger partial charge in [0.25, 0.3) is 5.91 Å². The van der Waals surface area contributed by atoms with Crippen molar-refractivity contribution < 1.29 is 9.53 Å². The number of ether oxygens (including phenoxy) is 1. The Balaban J connectivity index is 1.98. The molecule has 1 heterocycles.